The average molecular weight is 412 g/mol. The normalized spacial score (nSPS) is 10.5. The highest BCUT2D eigenvalue weighted by Gasteiger charge is 2.13. The number of halogens is 2. The molecular formula is C19H19Cl2NO3S. The highest BCUT2D eigenvalue weighted by molar-refractivity contribution is 7.99. The Labute approximate surface area is 167 Å². The molecule has 0 fully saturated rings. The molecule has 0 aliphatic carbocycles. The van der Waals surface area contributed by atoms with E-state index in [1.165, 1.54) is 5.56 Å². The lowest BCUT2D eigenvalue weighted by molar-refractivity contribution is -0.146. The molecule has 0 unspecified atom stereocenters. The molecule has 0 radical (unpaired) electrons. The van der Waals surface area contributed by atoms with Crippen LogP contribution in [0.25, 0.3) is 0 Å². The number of esters is 1. The monoisotopic (exact) mass is 411 g/mol. The van der Waals surface area contributed by atoms with Gasteiger partial charge in [0.15, 0.2) is 6.61 Å². The highest BCUT2D eigenvalue weighted by atomic mass is 35.5. The smallest absolute Gasteiger partial charge is 0.307 e. The second-order valence-electron chi connectivity index (χ2n) is 5.67. The molecule has 0 aliphatic rings. The summed E-state index contributed by atoms with van der Waals surface area (Å²) in [5.74, 6) is -0.334. The van der Waals surface area contributed by atoms with E-state index in [9.17, 15) is 9.59 Å². The van der Waals surface area contributed by atoms with Gasteiger partial charge in [0.1, 0.15) is 0 Å². The van der Waals surface area contributed by atoms with Crippen LogP contribution in [0.4, 0.5) is 5.69 Å². The number of thioether (sulfide) groups is 1. The lowest BCUT2D eigenvalue weighted by Gasteiger charge is -2.11. The highest BCUT2D eigenvalue weighted by Crippen LogP contribution is 2.32. The number of hydrogen-bond donors (Lipinski definition) is 1. The Bertz CT molecular complexity index is 794. The second kappa shape index (κ2) is 9.86. The van der Waals surface area contributed by atoms with Gasteiger partial charge in [-0.3, -0.25) is 9.59 Å². The Morgan fingerprint density at radius 1 is 1.08 bits per heavy atom. The van der Waals surface area contributed by atoms with Gasteiger partial charge in [0.2, 0.25) is 0 Å². The van der Waals surface area contributed by atoms with Crippen molar-refractivity contribution in [3.05, 3.63) is 57.6 Å². The van der Waals surface area contributed by atoms with Crippen LogP contribution in [0.3, 0.4) is 0 Å². The van der Waals surface area contributed by atoms with E-state index in [1.807, 2.05) is 31.2 Å². The van der Waals surface area contributed by atoms with E-state index >= 15 is 0 Å². The Hall–Kier alpha value is -1.69. The first-order chi connectivity index (χ1) is 12.4. The fourth-order valence-electron chi connectivity index (χ4n) is 2.05. The van der Waals surface area contributed by atoms with Gasteiger partial charge in [0, 0.05) is 10.6 Å². The average Bonchev–Trinajstić information content (AvgIpc) is 2.62. The summed E-state index contributed by atoms with van der Waals surface area (Å²) >= 11 is 13.7. The molecule has 7 heteroatoms. The van der Waals surface area contributed by atoms with Crippen molar-refractivity contribution < 1.29 is 14.3 Å². The van der Waals surface area contributed by atoms with E-state index in [4.69, 9.17) is 27.9 Å². The van der Waals surface area contributed by atoms with Gasteiger partial charge in [-0.05, 0) is 37.6 Å². The van der Waals surface area contributed by atoms with Gasteiger partial charge in [-0.15, -0.1) is 11.8 Å². The van der Waals surface area contributed by atoms with Crippen molar-refractivity contribution in [1.29, 1.82) is 0 Å². The van der Waals surface area contributed by atoms with Crippen LogP contribution in [0, 0.1) is 13.8 Å². The van der Waals surface area contributed by atoms with Gasteiger partial charge < -0.3 is 10.1 Å². The van der Waals surface area contributed by atoms with E-state index < -0.39 is 11.9 Å². The zero-order valence-corrected chi connectivity index (χ0v) is 16.8. The van der Waals surface area contributed by atoms with Crippen molar-refractivity contribution in [2.75, 3.05) is 17.7 Å². The Kier molecular flexibility index (Phi) is 7.82. The molecule has 2 aromatic rings. The first-order valence-corrected chi connectivity index (χ1v) is 9.70. The van der Waals surface area contributed by atoms with Crippen molar-refractivity contribution >= 4 is 52.5 Å². The number of carbonyl (C=O) groups is 2. The van der Waals surface area contributed by atoms with Crippen LogP contribution in [0.2, 0.25) is 10.0 Å². The molecule has 0 spiro atoms. The van der Waals surface area contributed by atoms with Gasteiger partial charge in [0.25, 0.3) is 5.91 Å². The lowest BCUT2D eigenvalue weighted by Crippen LogP contribution is -2.21. The number of benzene rings is 2. The van der Waals surface area contributed by atoms with Crippen molar-refractivity contribution in [3.8, 4) is 0 Å². The van der Waals surface area contributed by atoms with Crippen LogP contribution in [0.5, 0.6) is 0 Å². The van der Waals surface area contributed by atoms with Gasteiger partial charge >= 0.3 is 5.97 Å². The molecular weight excluding hydrogens is 393 g/mol. The van der Waals surface area contributed by atoms with Crippen LogP contribution in [-0.4, -0.2) is 24.2 Å². The number of rotatable bonds is 7. The molecule has 2 aromatic carbocycles. The van der Waals surface area contributed by atoms with Crippen molar-refractivity contribution in [1.82, 2.24) is 0 Å². The predicted molar refractivity (Wildman–Crippen MR) is 107 cm³/mol. The summed E-state index contributed by atoms with van der Waals surface area (Å²) in [5.41, 5.74) is 2.30. The second-order valence-corrected chi connectivity index (χ2v) is 7.63. The molecule has 0 atom stereocenters. The van der Waals surface area contributed by atoms with Crippen LogP contribution in [-0.2, 0) is 14.3 Å². The molecule has 138 valence electrons. The fraction of sp³-hybridized carbons (Fsp3) is 0.263. The summed E-state index contributed by atoms with van der Waals surface area (Å²) in [6.45, 7) is 3.45. The van der Waals surface area contributed by atoms with Crippen LogP contribution in [0.1, 0.15) is 17.5 Å². The third kappa shape index (κ3) is 6.24. The minimum atomic E-state index is -0.487. The maximum absolute atomic E-state index is 11.9. The third-order valence-electron chi connectivity index (χ3n) is 3.51. The summed E-state index contributed by atoms with van der Waals surface area (Å²) in [6.07, 6.45) is 0.220. The number of amides is 1. The van der Waals surface area contributed by atoms with E-state index in [0.717, 1.165) is 10.5 Å². The van der Waals surface area contributed by atoms with Gasteiger partial charge in [0.05, 0.1) is 22.2 Å². The molecule has 1 N–H and O–H groups in total. The fourth-order valence-corrected chi connectivity index (χ4v) is 3.35. The summed E-state index contributed by atoms with van der Waals surface area (Å²) in [5, 5.41) is 3.27. The van der Waals surface area contributed by atoms with Gasteiger partial charge in [-0.25, -0.2) is 0 Å². The molecule has 26 heavy (non-hydrogen) atoms. The Balaban J connectivity index is 1.74. The molecule has 0 aliphatic heterocycles. The lowest BCUT2D eigenvalue weighted by atomic mass is 10.2. The summed E-state index contributed by atoms with van der Waals surface area (Å²) in [7, 11) is 0. The van der Waals surface area contributed by atoms with Crippen LogP contribution >= 0.6 is 35.0 Å². The predicted octanol–water partition coefficient (Wildman–Crippen LogP) is 5.27. The van der Waals surface area contributed by atoms with Gasteiger partial charge in [-0.2, -0.15) is 0 Å². The number of nitrogens with one attached hydrogen (secondary N) is 1. The molecule has 0 saturated heterocycles. The van der Waals surface area contributed by atoms with Crippen molar-refractivity contribution in [2.24, 2.45) is 0 Å². The maximum atomic E-state index is 11.9. The van der Waals surface area contributed by atoms with Crippen LogP contribution < -0.4 is 5.32 Å². The minimum Gasteiger partial charge on any atom is -0.456 e. The minimum absolute atomic E-state index is 0.220. The van der Waals surface area contributed by atoms with Crippen LogP contribution in [0.15, 0.2) is 41.3 Å². The van der Waals surface area contributed by atoms with E-state index in [-0.39, 0.29) is 13.0 Å². The number of anilines is 1. The Morgan fingerprint density at radius 3 is 2.46 bits per heavy atom. The molecule has 2 rings (SSSR count). The van der Waals surface area contributed by atoms with E-state index in [1.54, 1.807) is 30.8 Å². The zero-order chi connectivity index (χ0) is 19.1. The number of hydrogen-bond acceptors (Lipinski definition) is 4. The molecule has 0 aromatic heterocycles. The van der Waals surface area contributed by atoms with E-state index in [0.29, 0.717) is 21.5 Å². The number of ether oxygens (including phenoxy) is 1. The first-order valence-electron chi connectivity index (χ1n) is 7.96. The molecule has 4 nitrogen and oxygen atoms in total. The SMILES string of the molecule is Cc1ccc(SCCC(=O)OCC(=O)Nc2c(Cl)ccc(C)c2Cl)cc1. The standard InChI is InChI=1S/C19H19Cl2NO3S/c1-12-3-6-14(7-4-12)26-10-9-17(24)25-11-16(23)22-19-15(20)8-5-13(2)18(19)21/h3-8H,9-11H2,1-2H3,(H,22,23). The summed E-state index contributed by atoms with van der Waals surface area (Å²) < 4.78 is 4.99. The molecule has 0 saturated carbocycles. The zero-order valence-electron chi connectivity index (χ0n) is 14.5. The number of aryl methyl sites for hydroxylation is 2. The Morgan fingerprint density at radius 2 is 1.77 bits per heavy atom. The largest absolute Gasteiger partial charge is 0.456 e. The molecule has 0 bridgehead atoms. The maximum Gasteiger partial charge on any atom is 0.307 e. The number of carbonyl (C=O) groups excluding carboxylic acids is 2. The van der Waals surface area contributed by atoms with E-state index in [2.05, 4.69) is 5.32 Å². The topological polar surface area (TPSA) is 55.4 Å². The third-order valence-corrected chi connectivity index (χ3v) is 5.32. The molecule has 0 heterocycles. The van der Waals surface area contributed by atoms with Crippen molar-refractivity contribution in [2.45, 2.75) is 25.2 Å². The van der Waals surface area contributed by atoms with Gasteiger partial charge in [-0.1, -0.05) is 47.0 Å². The summed E-state index contributed by atoms with van der Waals surface area (Å²) in [4.78, 5) is 24.8. The van der Waals surface area contributed by atoms with Crippen molar-refractivity contribution in [3.63, 3.8) is 0 Å². The summed E-state index contributed by atoms with van der Waals surface area (Å²) in [6, 6.07) is 11.5. The first kappa shape index (κ1) is 20.6. The quantitative estimate of drug-likeness (QED) is 0.497. The molecule has 1 amide bonds.